The van der Waals surface area contributed by atoms with Crippen molar-refractivity contribution in [1.82, 2.24) is 4.90 Å². The minimum absolute atomic E-state index is 0.0573. The summed E-state index contributed by atoms with van der Waals surface area (Å²) in [6.07, 6.45) is 0. The zero-order chi connectivity index (χ0) is 18.1. The lowest BCUT2D eigenvalue weighted by Gasteiger charge is -2.18. The first kappa shape index (κ1) is 16.3. The highest BCUT2D eigenvalue weighted by Crippen LogP contribution is 2.33. The first-order valence-corrected chi connectivity index (χ1v) is 8.36. The molecule has 0 aromatic heterocycles. The number of rotatable bonds is 4. The molecule has 132 valence electrons. The maximum absolute atomic E-state index is 12.7. The van der Waals surface area contributed by atoms with E-state index in [4.69, 9.17) is 14.2 Å². The highest BCUT2D eigenvalue weighted by molar-refractivity contribution is 5.95. The van der Waals surface area contributed by atoms with Crippen LogP contribution in [0.3, 0.4) is 0 Å². The van der Waals surface area contributed by atoms with E-state index in [2.05, 4.69) is 6.07 Å². The van der Waals surface area contributed by atoms with Crippen molar-refractivity contribution in [3.8, 4) is 17.2 Å². The first-order valence-electron chi connectivity index (χ1n) is 8.36. The predicted octanol–water partition coefficient (Wildman–Crippen LogP) is 3.85. The van der Waals surface area contributed by atoms with Crippen molar-refractivity contribution in [3.63, 3.8) is 0 Å². The zero-order valence-electron chi connectivity index (χ0n) is 14.7. The second-order valence-electron chi connectivity index (χ2n) is 6.28. The van der Waals surface area contributed by atoms with Gasteiger partial charge in [0.1, 0.15) is 5.75 Å². The molecule has 0 spiro atoms. The minimum Gasteiger partial charge on any atom is -0.497 e. The molecule has 0 saturated heterocycles. The van der Waals surface area contributed by atoms with E-state index in [9.17, 15) is 4.79 Å². The molecule has 0 aliphatic carbocycles. The molecule has 0 unspecified atom stereocenters. The van der Waals surface area contributed by atoms with E-state index in [1.807, 2.05) is 30.3 Å². The summed E-state index contributed by atoms with van der Waals surface area (Å²) < 4.78 is 15.9. The fraction of sp³-hybridized carbons (Fsp3) is 0.190. The van der Waals surface area contributed by atoms with Crippen LogP contribution in [0, 0.1) is 0 Å². The molecule has 0 radical (unpaired) electrons. The fourth-order valence-corrected chi connectivity index (χ4v) is 3.09. The summed E-state index contributed by atoms with van der Waals surface area (Å²) in [5.74, 6) is 2.07. The van der Waals surface area contributed by atoms with Crippen molar-refractivity contribution < 1.29 is 19.0 Å². The third-order valence-corrected chi connectivity index (χ3v) is 4.50. The molecule has 1 amide bonds. The number of nitrogens with zero attached hydrogens (tertiary/aromatic N) is 1. The second-order valence-corrected chi connectivity index (χ2v) is 6.28. The molecule has 1 aliphatic heterocycles. The number of methoxy groups -OCH3 is 1. The van der Waals surface area contributed by atoms with E-state index in [1.165, 1.54) is 0 Å². The van der Waals surface area contributed by atoms with E-state index in [0.29, 0.717) is 23.6 Å². The van der Waals surface area contributed by atoms with Gasteiger partial charge in [-0.3, -0.25) is 4.79 Å². The number of ether oxygens (including phenoxy) is 3. The molecule has 5 heteroatoms. The summed E-state index contributed by atoms with van der Waals surface area (Å²) in [5.41, 5.74) is 1.65. The third-order valence-electron chi connectivity index (χ3n) is 4.50. The van der Waals surface area contributed by atoms with Gasteiger partial charge in [0.15, 0.2) is 11.5 Å². The molecular formula is C21H19NO4. The highest BCUT2D eigenvalue weighted by Gasteiger charge is 2.18. The van der Waals surface area contributed by atoms with E-state index in [0.717, 1.165) is 22.1 Å². The molecule has 0 N–H and O–H groups in total. The number of hydrogen-bond acceptors (Lipinski definition) is 4. The Morgan fingerprint density at radius 3 is 2.62 bits per heavy atom. The van der Waals surface area contributed by atoms with E-state index >= 15 is 0 Å². The standard InChI is InChI=1S/C21H19NO4/c1-22(21(23)17-6-8-19-20(11-17)26-13-25-19)12-14-3-4-16-10-18(24-2)7-5-15(16)9-14/h3-11H,12-13H2,1-2H3. The van der Waals surface area contributed by atoms with Gasteiger partial charge in [-0.05, 0) is 52.7 Å². The van der Waals surface area contributed by atoms with Crippen LogP contribution in [0.2, 0.25) is 0 Å². The molecule has 4 rings (SSSR count). The molecule has 0 atom stereocenters. The Morgan fingerprint density at radius 1 is 1.00 bits per heavy atom. The molecular weight excluding hydrogens is 330 g/mol. The SMILES string of the molecule is COc1ccc2cc(CN(C)C(=O)c3ccc4c(c3)OCO4)ccc2c1. The van der Waals surface area contributed by atoms with Crippen LogP contribution in [0.5, 0.6) is 17.2 Å². The number of carbonyl (C=O) groups is 1. The topological polar surface area (TPSA) is 48.0 Å². The highest BCUT2D eigenvalue weighted by atomic mass is 16.7. The molecule has 0 fully saturated rings. The van der Waals surface area contributed by atoms with Gasteiger partial charge in [-0.15, -0.1) is 0 Å². The van der Waals surface area contributed by atoms with Crippen LogP contribution >= 0.6 is 0 Å². The largest absolute Gasteiger partial charge is 0.497 e. The van der Waals surface area contributed by atoms with Crippen molar-refractivity contribution in [3.05, 3.63) is 65.7 Å². The van der Waals surface area contributed by atoms with E-state index < -0.39 is 0 Å². The molecule has 0 saturated carbocycles. The normalized spacial score (nSPS) is 12.2. The lowest BCUT2D eigenvalue weighted by atomic mass is 10.1. The van der Waals surface area contributed by atoms with Crippen LogP contribution in [0.25, 0.3) is 10.8 Å². The summed E-state index contributed by atoms with van der Waals surface area (Å²) in [7, 11) is 3.46. The Labute approximate surface area is 151 Å². The molecule has 1 aliphatic rings. The predicted molar refractivity (Wildman–Crippen MR) is 98.9 cm³/mol. The van der Waals surface area contributed by atoms with Gasteiger partial charge in [0.05, 0.1) is 7.11 Å². The maximum Gasteiger partial charge on any atom is 0.254 e. The zero-order valence-corrected chi connectivity index (χ0v) is 14.7. The van der Waals surface area contributed by atoms with Crippen LogP contribution < -0.4 is 14.2 Å². The van der Waals surface area contributed by atoms with Crippen molar-refractivity contribution >= 4 is 16.7 Å². The smallest absolute Gasteiger partial charge is 0.254 e. The Bertz CT molecular complexity index is 983. The molecule has 5 nitrogen and oxygen atoms in total. The van der Waals surface area contributed by atoms with Gasteiger partial charge in [0, 0.05) is 19.2 Å². The first-order chi connectivity index (χ1) is 12.6. The van der Waals surface area contributed by atoms with Gasteiger partial charge >= 0.3 is 0 Å². The minimum atomic E-state index is -0.0573. The van der Waals surface area contributed by atoms with Gasteiger partial charge < -0.3 is 19.1 Å². The number of amides is 1. The van der Waals surface area contributed by atoms with Crippen LogP contribution in [0.4, 0.5) is 0 Å². The van der Waals surface area contributed by atoms with Crippen LogP contribution in [0.15, 0.2) is 54.6 Å². The summed E-state index contributed by atoms with van der Waals surface area (Å²) in [6, 6.07) is 17.4. The summed E-state index contributed by atoms with van der Waals surface area (Å²) in [5, 5.41) is 2.23. The van der Waals surface area contributed by atoms with Gasteiger partial charge in [0.2, 0.25) is 6.79 Å². The third kappa shape index (κ3) is 3.04. The Balaban J connectivity index is 1.52. The average molecular weight is 349 g/mol. The Hall–Kier alpha value is -3.21. The Morgan fingerprint density at radius 2 is 1.77 bits per heavy atom. The van der Waals surface area contributed by atoms with Gasteiger partial charge in [-0.1, -0.05) is 18.2 Å². The van der Waals surface area contributed by atoms with Crippen molar-refractivity contribution in [2.24, 2.45) is 0 Å². The van der Waals surface area contributed by atoms with Crippen molar-refractivity contribution in [2.75, 3.05) is 21.0 Å². The van der Waals surface area contributed by atoms with E-state index in [1.54, 1.807) is 37.3 Å². The molecule has 1 heterocycles. The summed E-state index contributed by atoms with van der Waals surface area (Å²) >= 11 is 0. The second kappa shape index (κ2) is 6.59. The average Bonchev–Trinajstić information content (AvgIpc) is 3.14. The number of fused-ring (bicyclic) bond motifs is 2. The van der Waals surface area contributed by atoms with Crippen molar-refractivity contribution in [1.29, 1.82) is 0 Å². The molecule has 26 heavy (non-hydrogen) atoms. The van der Waals surface area contributed by atoms with Crippen LogP contribution in [0.1, 0.15) is 15.9 Å². The quantitative estimate of drug-likeness (QED) is 0.718. The lowest BCUT2D eigenvalue weighted by molar-refractivity contribution is 0.0784. The monoisotopic (exact) mass is 349 g/mol. The lowest BCUT2D eigenvalue weighted by Crippen LogP contribution is -2.26. The van der Waals surface area contributed by atoms with Crippen LogP contribution in [-0.2, 0) is 6.54 Å². The van der Waals surface area contributed by atoms with Crippen molar-refractivity contribution in [2.45, 2.75) is 6.54 Å². The van der Waals surface area contributed by atoms with E-state index in [-0.39, 0.29) is 12.7 Å². The molecule has 0 bridgehead atoms. The maximum atomic E-state index is 12.7. The van der Waals surface area contributed by atoms with Gasteiger partial charge in [-0.2, -0.15) is 0 Å². The molecule has 3 aromatic carbocycles. The number of carbonyl (C=O) groups excluding carboxylic acids is 1. The Kier molecular flexibility index (Phi) is 4.13. The molecule has 3 aromatic rings. The van der Waals surface area contributed by atoms with Crippen LogP contribution in [-0.4, -0.2) is 31.8 Å². The van der Waals surface area contributed by atoms with Gasteiger partial charge in [0.25, 0.3) is 5.91 Å². The fourth-order valence-electron chi connectivity index (χ4n) is 3.09. The van der Waals surface area contributed by atoms with Gasteiger partial charge in [-0.25, -0.2) is 0 Å². The number of hydrogen-bond donors (Lipinski definition) is 0. The summed E-state index contributed by atoms with van der Waals surface area (Å²) in [4.78, 5) is 14.4. The summed E-state index contributed by atoms with van der Waals surface area (Å²) in [6.45, 7) is 0.722. The number of benzene rings is 3.